The van der Waals surface area contributed by atoms with E-state index in [1.165, 1.54) is 24.1 Å². The van der Waals surface area contributed by atoms with Crippen molar-refractivity contribution in [2.45, 2.75) is 38.1 Å². The summed E-state index contributed by atoms with van der Waals surface area (Å²) < 4.78 is 0. The maximum absolute atomic E-state index is 9.45. The summed E-state index contributed by atoms with van der Waals surface area (Å²) in [5, 5.41) is 11.5. The maximum Gasteiger partial charge on any atom is 0.111 e. The minimum absolute atomic E-state index is 0.314. The van der Waals surface area contributed by atoms with Crippen LogP contribution in [0.5, 0.6) is 0 Å². The van der Waals surface area contributed by atoms with Gasteiger partial charge in [0.2, 0.25) is 0 Å². The van der Waals surface area contributed by atoms with E-state index in [-0.39, 0.29) is 5.54 Å². The molecule has 2 rings (SSSR count). The fourth-order valence-electron chi connectivity index (χ4n) is 2.36. The van der Waals surface area contributed by atoms with Gasteiger partial charge < -0.3 is 0 Å². The summed E-state index contributed by atoms with van der Waals surface area (Å²) in [6.45, 7) is 4.24. The van der Waals surface area contributed by atoms with E-state index < -0.39 is 0 Å². The van der Waals surface area contributed by atoms with Crippen molar-refractivity contribution >= 4 is 11.3 Å². The maximum atomic E-state index is 9.45. The molecular weight excluding hydrogens is 216 g/mol. The number of rotatable bonds is 3. The molecule has 1 unspecified atom stereocenters. The highest BCUT2D eigenvalue weighted by Gasteiger charge is 2.33. The van der Waals surface area contributed by atoms with Crippen molar-refractivity contribution in [2.24, 2.45) is 0 Å². The lowest BCUT2D eigenvalue weighted by molar-refractivity contribution is 0.124. The third-order valence-corrected chi connectivity index (χ3v) is 4.27. The van der Waals surface area contributed by atoms with E-state index in [2.05, 4.69) is 35.4 Å². The smallest absolute Gasteiger partial charge is 0.111 e. The van der Waals surface area contributed by atoms with E-state index in [4.69, 9.17) is 0 Å². The third-order valence-electron chi connectivity index (χ3n) is 3.39. The molecule has 0 bridgehead atoms. The van der Waals surface area contributed by atoms with Crippen LogP contribution in [-0.4, -0.2) is 23.5 Å². The fourth-order valence-corrected chi connectivity index (χ4v) is 3.22. The fraction of sp³-hybridized carbons (Fsp3) is 0.615. The standard InChI is InChI=1S/C13H18N2S/c1-13(11-14,10-12-6-5-9-16-12)15-7-3-2-4-8-15/h5-6,9H,2-4,7-8,10H2,1H3. The van der Waals surface area contributed by atoms with Gasteiger partial charge in [-0.3, -0.25) is 4.90 Å². The van der Waals surface area contributed by atoms with Crippen LogP contribution in [0.3, 0.4) is 0 Å². The second kappa shape index (κ2) is 4.99. The van der Waals surface area contributed by atoms with Crippen molar-refractivity contribution in [3.05, 3.63) is 22.4 Å². The average Bonchev–Trinajstić information content (AvgIpc) is 2.83. The molecule has 2 heterocycles. The Labute approximate surface area is 102 Å². The zero-order valence-electron chi connectivity index (χ0n) is 9.78. The predicted molar refractivity (Wildman–Crippen MR) is 67.5 cm³/mol. The summed E-state index contributed by atoms with van der Waals surface area (Å²) in [6, 6.07) is 6.71. The SMILES string of the molecule is CC(C#N)(Cc1cccs1)N1CCCCC1. The Bertz CT molecular complexity index is 360. The molecule has 0 spiro atoms. The van der Waals surface area contributed by atoms with Crippen LogP contribution in [0.1, 0.15) is 31.1 Å². The molecule has 1 aliphatic rings. The number of thiophene rings is 1. The van der Waals surface area contributed by atoms with E-state index in [0.717, 1.165) is 19.5 Å². The normalized spacial score (nSPS) is 21.2. The zero-order chi connectivity index (χ0) is 11.4. The number of piperidine rings is 1. The quantitative estimate of drug-likeness (QED) is 0.803. The van der Waals surface area contributed by atoms with E-state index in [0.29, 0.717) is 0 Å². The molecule has 2 nitrogen and oxygen atoms in total. The minimum Gasteiger partial charge on any atom is -0.285 e. The van der Waals surface area contributed by atoms with Gasteiger partial charge in [-0.25, -0.2) is 0 Å². The van der Waals surface area contributed by atoms with Crippen LogP contribution in [0.2, 0.25) is 0 Å². The lowest BCUT2D eigenvalue weighted by Crippen LogP contribution is -2.49. The Morgan fingerprint density at radius 3 is 2.75 bits per heavy atom. The topological polar surface area (TPSA) is 27.0 Å². The largest absolute Gasteiger partial charge is 0.285 e. The zero-order valence-corrected chi connectivity index (χ0v) is 10.6. The van der Waals surface area contributed by atoms with Crippen molar-refractivity contribution in [1.29, 1.82) is 5.26 Å². The first-order valence-electron chi connectivity index (χ1n) is 5.93. The summed E-state index contributed by atoms with van der Waals surface area (Å²) >= 11 is 1.75. The highest BCUT2D eigenvalue weighted by molar-refractivity contribution is 7.09. The van der Waals surface area contributed by atoms with Crippen LogP contribution in [0.4, 0.5) is 0 Å². The van der Waals surface area contributed by atoms with Gasteiger partial charge in [0.15, 0.2) is 0 Å². The summed E-state index contributed by atoms with van der Waals surface area (Å²) in [5.74, 6) is 0. The van der Waals surface area contributed by atoms with E-state index in [9.17, 15) is 5.26 Å². The van der Waals surface area contributed by atoms with Gasteiger partial charge in [0.05, 0.1) is 6.07 Å². The highest BCUT2D eigenvalue weighted by atomic mass is 32.1. The predicted octanol–water partition coefficient (Wildman–Crippen LogP) is 3.06. The van der Waals surface area contributed by atoms with Crippen molar-refractivity contribution in [3.8, 4) is 6.07 Å². The molecular formula is C13H18N2S. The summed E-state index contributed by atoms with van der Waals surface area (Å²) in [4.78, 5) is 3.67. The Hall–Kier alpha value is -0.850. The Morgan fingerprint density at radius 2 is 2.19 bits per heavy atom. The summed E-state index contributed by atoms with van der Waals surface area (Å²) in [7, 11) is 0. The minimum atomic E-state index is -0.314. The van der Waals surface area contributed by atoms with Crippen LogP contribution in [0, 0.1) is 11.3 Å². The lowest BCUT2D eigenvalue weighted by atomic mass is 9.93. The first kappa shape index (κ1) is 11.6. The molecule has 1 saturated heterocycles. The van der Waals surface area contributed by atoms with Gasteiger partial charge in [0.1, 0.15) is 5.54 Å². The molecule has 0 aromatic carbocycles. The van der Waals surface area contributed by atoms with Gasteiger partial charge >= 0.3 is 0 Å². The van der Waals surface area contributed by atoms with E-state index >= 15 is 0 Å². The molecule has 0 amide bonds. The van der Waals surface area contributed by atoms with Crippen molar-refractivity contribution < 1.29 is 0 Å². The number of nitriles is 1. The van der Waals surface area contributed by atoms with E-state index in [1.54, 1.807) is 11.3 Å². The second-order valence-electron chi connectivity index (χ2n) is 4.69. The lowest BCUT2D eigenvalue weighted by Gasteiger charge is -2.38. The molecule has 1 aliphatic heterocycles. The Morgan fingerprint density at radius 1 is 1.44 bits per heavy atom. The summed E-state index contributed by atoms with van der Waals surface area (Å²) in [6.07, 6.45) is 4.65. The average molecular weight is 234 g/mol. The number of hydrogen-bond acceptors (Lipinski definition) is 3. The molecule has 0 radical (unpaired) electrons. The molecule has 3 heteroatoms. The van der Waals surface area contributed by atoms with Gasteiger partial charge in [0, 0.05) is 11.3 Å². The molecule has 1 aromatic rings. The van der Waals surface area contributed by atoms with Gasteiger partial charge in [0.25, 0.3) is 0 Å². The second-order valence-corrected chi connectivity index (χ2v) is 5.72. The van der Waals surface area contributed by atoms with Gasteiger partial charge in [-0.2, -0.15) is 5.26 Å². The van der Waals surface area contributed by atoms with E-state index in [1.807, 2.05) is 0 Å². The van der Waals surface area contributed by atoms with Gasteiger partial charge in [-0.1, -0.05) is 12.5 Å². The van der Waals surface area contributed by atoms with Gasteiger partial charge in [-0.15, -0.1) is 11.3 Å². The first-order valence-corrected chi connectivity index (χ1v) is 6.81. The van der Waals surface area contributed by atoms with Crippen LogP contribution in [0.15, 0.2) is 17.5 Å². The van der Waals surface area contributed by atoms with Crippen molar-refractivity contribution in [3.63, 3.8) is 0 Å². The van der Waals surface area contributed by atoms with Crippen LogP contribution in [0.25, 0.3) is 0 Å². The Balaban J connectivity index is 2.09. The van der Waals surface area contributed by atoms with Crippen molar-refractivity contribution in [2.75, 3.05) is 13.1 Å². The number of likely N-dealkylation sites (tertiary alicyclic amines) is 1. The molecule has 1 aromatic heterocycles. The molecule has 0 N–H and O–H groups in total. The molecule has 86 valence electrons. The van der Waals surface area contributed by atoms with Crippen LogP contribution >= 0.6 is 11.3 Å². The monoisotopic (exact) mass is 234 g/mol. The third kappa shape index (κ3) is 2.45. The Kier molecular flexibility index (Phi) is 3.63. The number of nitrogens with zero attached hydrogens (tertiary/aromatic N) is 2. The molecule has 1 atom stereocenters. The number of hydrogen-bond donors (Lipinski definition) is 0. The molecule has 16 heavy (non-hydrogen) atoms. The van der Waals surface area contributed by atoms with Crippen molar-refractivity contribution in [1.82, 2.24) is 4.90 Å². The van der Waals surface area contributed by atoms with Gasteiger partial charge in [-0.05, 0) is 44.3 Å². The highest BCUT2D eigenvalue weighted by Crippen LogP contribution is 2.26. The van der Waals surface area contributed by atoms with Crippen LogP contribution < -0.4 is 0 Å². The molecule has 1 fully saturated rings. The molecule has 0 aliphatic carbocycles. The summed E-state index contributed by atoms with van der Waals surface area (Å²) in [5.41, 5.74) is -0.314. The first-order chi connectivity index (χ1) is 7.74. The molecule has 0 saturated carbocycles. The van der Waals surface area contributed by atoms with Crippen LogP contribution in [-0.2, 0) is 6.42 Å².